The van der Waals surface area contributed by atoms with Crippen LogP contribution >= 0.6 is 0 Å². The zero-order valence-corrected chi connectivity index (χ0v) is 10.3. The molecule has 0 saturated carbocycles. The maximum absolute atomic E-state index is 10.9. The molecule has 0 unspecified atom stereocenters. The highest BCUT2D eigenvalue weighted by Crippen LogP contribution is 2.35. The van der Waals surface area contributed by atoms with E-state index < -0.39 is 4.92 Å². The van der Waals surface area contributed by atoms with Gasteiger partial charge in [-0.3, -0.25) is 10.1 Å². The minimum absolute atomic E-state index is 0.0190. The van der Waals surface area contributed by atoms with Crippen molar-refractivity contribution in [2.24, 2.45) is 0 Å². The molecule has 5 heteroatoms. The molecule has 0 aromatic heterocycles. The zero-order valence-electron chi connectivity index (χ0n) is 10.3. The van der Waals surface area contributed by atoms with Crippen LogP contribution in [0.1, 0.15) is 31.9 Å². The predicted molar refractivity (Wildman–Crippen MR) is 63.1 cm³/mol. The quantitative estimate of drug-likeness (QED) is 0.582. The molecule has 0 N–H and O–H groups in total. The van der Waals surface area contributed by atoms with Crippen molar-refractivity contribution in [2.45, 2.75) is 26.2 Å². The molecule has 0 radical (unpaired) electrons. The second-order valence-electron chi connectivity index (χ2n) is 4.70. The van der Waals surface area contributed by atoms with Crippen molar-refractivity contribution < 1.29 is 9.66 Å². The molecule has 0 aliphatic rings. The minimum Gasteiger partial charge on any atom is -0.489 e. The Hall–Kier alpha value is -2.09. The standard InChI is InChI=1S/C12H14N2O3/c1-12(2,3)9-5-8(7-13)11(17-4)10(6-9)14(15)16/h5-6H,1-4H3. The summed E-state index contributed by atoms with van der Waals surface area (Å²) < 4.78 is 4.93. The zero-order chi connectivity index (χ0) is 13.2. The van der Waals surface area contributed by atoms with Crippen molar-refractivity contribution in [3.8, 4) is 11.8 Å². The van der Waals surface area contributed by atoms with Crippen molar-refractivity contribution in [2.75, 3.05) is 7.11 Å². The van der Waals surface area contributed by atoms with Crippen molar-refractivity contribution in [1.29, 1.82) is 5.26 Å². The van der Waals surface area contributed by atoms with Gasteiger partial charge in [-0.25, -0.2) is 0 Å². The van der Waals surface area contributed by atoms with Gasteiger partial charge in [0.15, 0.2) is 0 Å². The van der Waals surface area contributed by atoms with Gasteiger partial charge in [0.2, 0.25) is 5.75 Å². The van der Waals surface area contributed by atoms with Gasteiger partial charge in [0.05, 0.1) is 12.0 Å². The lowest BCUT2D eigenvalue weighted by molar-refractivity contribution is -0.385. The highest BCUT2D eigenvalue weighted by molar-refractivity contribution is 5.59. The van der Waals surface area contributed by atoms with Crippen LogP contribution in [0.5, 0.6) is 5.75 Å². The monoisotopic (exact) mass is 234 g/mol. The van der Waals surface area contributed by atoms with E-state index in [4.69, 9.17) is 10.00 Å². The van der Waals surface area contributed by atoms with Gasteiger partial charge in [-0.05, 0) is 17.0 Å². The van der Waals surface area contributed by atoms with Crippen LogP contribution in [0, 0.1) is 21.4 Å². The van der Waals surface area contributed by atoms with E-state index in [2.05, 4.69) is 0 Å². The van der Waals surface area contributed by atoms with Crippen molar-refractivity contribution in [3.05, 3.63) is 33.4 Å². The van der Waals surface area contributed by atoms with E-state index in [1.165, 1.54) is 13.2 Å². The van der Waals surface area contributed by atoms with Crippen molar-refractivity contribution >= 4 is 5.69 Å². The minimum atomic E-state index is -0.533. The molecule has 0 heterocycles. The number of hydrogen-bond donors (Lipinski definition) is 0. The number of rotatable bonds is 2. The Balaban J connectivity index is 3.59. The van der Waals surface area contributed by atoms with Gasteiger partial charge < -0.3 is 4.74 Å². The Labute approximate surface area is 99.8 Å². The molecular weight excluding hydrogens is 220 g/mol. The van der Waals surface area contributed by atoms with Gasteiger partial charge in [0, 0.05) is 6.07 Å². The largest absolute Gasteiger partial charge is 0.489 e. The van der Waals surface area contributed by atoms with E-state index in [-0.39, 0.29) is 22.4 Å². The highest BCUT2D eigenvalue weighted by atomic mass is 16.6. The van der Waals surface area contributed by atoms with Crippen molar-refractivity contribution in [1.82, 2.24) is 0 Å². The molecule has 1 rings (SSSR count). The van der Waals surface area contributed by atoms with Crippen LogP contribution in [0.2, 0.25) is 0 Å². The Morgan fingerprint density at radius 1 is 1.41 bits per heavy atom. The number of nitro groups is 1. The number of ether oxygens (including phenoxy) is 1. The summed E-state index contributed by atoms with van der Waals surface area (Å²) in [6.45, 7) is 5.79. The molecule has 0 saturated heterocycles. The maximum atomic E-state index is 10.9. The average Bonchev–Trinajstić information content (AvgIpc) is 2.25. The van der Waals surface area contributed by atoms with Gasteiger partial charge in [-0.15, -0.1) is 0 Å². The number of nitriles is 1. The molecule has 0 bridgehead atoms. The van der Waals surface area contributed by atoms with Crippen LogP contribution in [-0.4, -0.2) is 12.0 Å². The second-order valence-corrected chi connectivity index (χ2v) is 4.70. The Kier molecular flexibility index (Phi) is 3.37. The van der Waals surface area contributed by atoms with Gasteiger partial charge in [-0.1, -0.05) is 20.8 Å². The number of nitro benzene ring substituents is 1. The summed E-state index contributed by atoms with van der Waals surface area (Å²) in [7, 11) is 1.32. The van der Waals surface area contributed by atoms with Crippen LogP contribution in [-0.2, 0) is 5.41 Å². The first kappa shape index (κ1) is 13.0. The summed E-state index contributed by atoms with van der Waals surface area (Å²) >= 11 is 0. The van der Waals surface area contributed by atoms with E-state index in [1.54, 1.807) is 6.07 Å². The molecule has 0 aliphatic heterocycles. The van der Waals surface area contributed by atoms with E-state index in [0.717, 1.165) is 5.56 Å². The second kappa shape index (κ2) is 4.42. The van der Waals surface area contributed by atoms with Crippen LogP contribution in [0.15, 0.2) is 12.1 Å². The summed E-state index contributed by atoms with van der Waals surface area (Å²) in [6, 6.07) is 5.01. The number of hydrogen-bond acceptors (Lipinski definition) is 4. The van der Waals surface area contributed by atoms with E-state index in [0.29, 0.717) is 0 Å². The van der Waals surface area contributed by atoms with Crippen molar-refractivity contribution in [3.63, 3.8) is 0 Å². The van der Waals surface area contributed by atoms with Crippen LogP contribution in [0.4, 0.5) is 5.69 Å². The number of nitrogens with zero attached hydrogens (tertiary/aromatic N) is 2. The predicted octanol–water partition coefficient (Wildman–Crippen LogP) is 2.77. The summed E-state index contributed by atoms with van der Waals surface area (Å²) in [5.41, 5.74) is 0.493. The Morgan fingerprint density at radius 2 is 2.00 bits per heavy atom. The molecule has 1 aromatic rings. The van der Waals surface area contributed by atoms with Gasteiger partial charge >= 0.3 is 5.69 Å². The van der Waals surface area contributed by atoms with Crippen LogP contribution in [0.25, 0.3) is 0 Å². The third-order valence-electron chi connectivity index (χ3n) is 2.46. The summed E-state index contributed by atoms with van der Waals surface area (Å²) in [4.78, 5) is 10.4. The lowest BCUT2D eigenvalue weighted by Gasteiger charge is -2.19. The van der Waals surface area contributed by atoms with E-state index >= 15 is 0 Å². The lowest BCUT2D eigenvalue weighted by atomic mass is 9.85. The lowest BCUT2D eigenvalue weighted by Crippen LogP contribution is -2.12. The maximum Gasteiger partial charge on any atom is 0.312 e. The summed E-state index contributed by atoms with van der Waals surface area (Å²) in [5.74, 6) is 0.0190. The first-order chi connectivity index (χ1) is 7.81. The molecule has 0 spiro atoms. The molecule has 17 heavy (non-hydrogen) atoms. The van der Waals surface area contributed by atoms with Crippen LogP contribution in [0.3, 0.4) is 0 Å². The molecule has 5 nitrogen and oxygen atoms in total. The Bertz CT molecular complexity index is 496. The fraction of sp³-hybridized carbons (Fsp3) is 0.417. The molecule has 0 fully saturated rings. The summed E-state index contributed by atoms with van der Waals surface area (Å²) in [6.07, 6.45) is 0. The number of benzene rings is 1. The molecule has 1 aromatic carbocycles. The molecule has 0 atom stereocenters. The third kappa shape index (κ3) is 2.53. The average molecular weight is 234 g/mol. The van der Waals surface area contributed by atoms with Crippen LogP contribution < -0.4 is 4.74 Å². The topological polar surface area (TPSA) is 76.2 Å². The normalized spacial score (nSPS) is 10.8. The fourth-order valence-corrected chi connectivity index (χ4v) is 1.48. The summed E-state index contributed by atoms with van der Waals surface area (Å²) in [5, 5.41) is 19.9. The fourth-order valence-electron chi connectivity index (χ4n) is 1.48. The first-order valence-electron chi connectivity index (χ1n) is 5.08. The first-order valence-corrected chi connectivity index (χ1v) is 5.08. The third-order valence-corrected chi connectivity index (χ3v) is 2.46. The Morgan fingerprint density at radius 3 is 2.35 bits per heavy atom. The van der Waals surface area contributed by atoms with E-state index in [9.17, 15) is 10.1 Å². The van der Waals surface area contributed by atoms with Gasteiger partial charge in [-0.2, -0.15) is 5.26 Å². The number of methoxy groups -OCH3 is 1. The molecule has 90 valence electrons. The molecule has 0 amide bonds. The SMILES string of the molecule is COc1c(C#N)cc(C(C)(C)C)cc1[N+](=O)[O-]. The smallest absolute Gasteiger partial charge is 0.312 e. The highest BCUT2D eigenvalue weighted by Gasteiger charge is 2.25. The van der Waals surface area contributed by atoms with Gasteiger partial charge in [0.1, 0.15) is 11.6 Å². The van der Waals surface area contributed by atoms with Gasteiger partial charge in [0.25, 0.3) is 0 Å². The van der Waals surface area contributed by atoms with E-state index in [1.807, 2.05) is 26.8 Å². The molecule has 0 aliphatic carbocycles. The molecular formula is C12H14N2O3.